The van der Waals surface area contributed by atoms with Crippen LogP contribution in [0.3, 0.4) is 0 Å². The minimum atomic E-state index is -0.853. The lowest BCUT2D eigenvalue weighted by atomic mass is 10.1. The van der Waals surface area contributed by atoms with Crippen molar-refractivity contribution in [2.75, 3.05) is 7.11 Å². The number of benzene rings is 2. The van der Waals surface area contributed by atoms with Crippen LogP contribution in [-0.2, 0) is 9.53 Å². The minimum absolute atomic E-state index is 0.441. The van der Waals surface area contributed by atoms with Gasteiger partial charge in [0.2, 0.25) is 6.10 Å². The average molecular weight is 370 g/mol. The highest BCUT2D eigenvalue weighted by Gasteiger charge is 2.24. The highest BCUT2D eigenvalue weighted by molar-refractivity contribution is 9.10. The van der Waals surface area contributed by atoms with Crippen molar-refractivity contribution in [3.8, 4) is 5.75 Å². The zero-order valence-corrected chi connectivity index (χ0v) is 13.9. The van der Waals surface area contributed by atoms with E-state index in [1.807, 2.05) is 31.2 Å². The molecule has 0 aliphatic heterocycles. The first-order chi connectivity index (χ1) is 10.0. The van der Waals surface area contributed by atoms with Gasteiger partial charge in [0, 0.05) is 10.0 Å². The first-order valence-corrected chi connectivity index (χ1v) is 7.45. The van der Waals surface area contributed by atoms with Crippen LogP contribution in [0.15, 0.2) is 46.9 Å². The van der Waals surface area contributed by atoms with Crippen LogP contribution in [0.1, 0.15) is 17.2 Å². The van der Waals surface area contributed by atoms with E-state index >= 15 is 0 Å². The van der Waals surface area contributed by atoms with Gasteiger partial charge in [-0.25, -0.2) is 4.79 Å². The third kappa shape index (κ3) is 3.57. The second-order valence-electron chi connectivity index (χ2n) is 4.42. The summed E-state index contributed by atoms with van der Waals surface area (Å²) in [4.78, 5) is 12.0. The molecule has 0 fully saturated rings. The van der Waals surface area contributed by atoms with Crippen LogP contribution < -0.4 is 4.74 Å². The molecule has 0 radical (unpaired) electrons. The summed E-state index contributed by atoms with van der Waals surface area (Å²) < 4.78 is 11.5. The van der Waals surface area contributed by atoms with E-state index in [-0.39, 0.29) is 0 Å². The lowest BCUT2D eigenvalue weighted by Crippen LogP contribution is -2.20. The molecule has 0 saturated carbocycles. The van der Waals surface area contributed by atoms with Gasteiger partial charge in [0.15, 0.2) is 0 Å². The van der Waals surface area contributed by atoms with Crippen molar-refractivity contribution < 1.29 is 14.3 Å². The topological polar surface area (TPSA) is 35.5 Å². The summed E-state index contributed by atoms with van der Waals surface area (Å²) in [5.74, 6) is -0.0329. The van der Waals surface area contributed by atoms with E-state index in [0.29, 0.717) is 16.3 Å². The van der Waals surface area contributed by atoms with Crippen molar-refractivity contribution in [2.24, 2.45) is 0 Å². The lowest BCUT2D eigenvalue weighted by molar-refractivity contribution is -0.149. The van der Waals surface area contributed by atoms with Gasteiger partial charge < -0.3 is 9.47 Å². The number of esters is 1. The number of methoxy groups -OCH3 is 1. The van der Waals surface area contributed by atoms with E-state index in [1.165, 1.54) is 7.11 Å². The number of hydrogen-bond donors (Lipinski definition) is 0. The normalized spacial score (nSPS) is 11.8. The molecule has 2 rings (SSSR count). The highest BCUT2D eigenvalue weighted by Crippen LogP contribution is 2.35. The Bertz CT molecular complexity index is 643. The standard InChI is InChI=1S/C16H14BrClO3/c1-10-12(17)8-9-13(14(10)18)21-15(16(19)20-2)11-6-4-3-5-7-11/h3-9,15H,1-2H3. The summed E-state index contributed by atoms with van der Waals surface area (Å²) in [5.41, 5.74) is 1.56. The Labute approximate surface area is 137 Å². The van der Waals surface area contributed by atoms with Gasteiger partial charge in [-0.2, -0.15) is 0 Å². The van der Waals surface area contributed by atoms with Crippen LogP contribution in [0.4, 0.5) is 0 Å². The second-order valence-corrected chi connectivity index (χ2v) is 5.65. The SMILES string of the molecule is COC(=O)C(Oc1ccc(Br)c(C)c1Cl)c1ccccc1. The molecule has 1 unspecified atom stereocenters. The van der Waals surface area contributed by atoms with Crippen molar-refractivity contribution in [3.63, 3.8) is 0 Å². The molecule has 110 valence electrons. The van der Waals surface area contributed by atoms with E-state index in [4.69, 9.17) is 21.1 Å². The maximum absolute atomic E-state index is 12.0. The van der Waals surface area contributed by atoms with Crippen molar-refractivity contribution in [3.05, 3.63) is 63.1 Å². The van der Waals surface area contributed by atoms with Crippen molar-refractivity contribution in [1.82, 2.24) is 0 Å². The Kier molecular flexibility index (Phi) is 5.26. The Morgan fingerprint density at radius 3 is 2.48 bits per heavy atom. The van der Waals surface area contributed by atoms with E-state index in [0.717, 1.165) is 10.0 Å². The molecule has 2 aromatic rings. The number of carbonyl (C=O) groups excluding carboxylic acids is 1. The summed E-state index contributed by atoms with van der Waals surface area (Å²) in [6.07, 6.45) is -0.853. The van der Waals surface area contributed by atoms with Crippen LogP contribution in [0.2, 0.25) is 5.02 Å². The third-order valence-electron chi connectivity index (χ3n) is 3.05. The molecule has 2 aromatic carbocycles. The molecule has 5 heteroatoms. The number of ether oxygens (including phenoxy) is 2. The summed E-state index contributed by atoms with van der Waals surface area (Å²) in [5, 5.41) is 0.467. The fourth-order valence-electron chi connectivity index (χ4n) is 1.84. The molecule has 0 bridgehead atoms. The summed E-state index contributed by atoms with van der Waals surface area (Å²) in [6.45, 7) is 1.87. The molecular formula is C16H14BrClO3. The molecule has 3 nitrogen and oxygen atoms in total. The fraction of sp³-hybridized carbons (Fsp3) is 0.188. The first-order valence-electron chi connectivity index (χ1n) is 6.28. The summed E-state index contributed by atoms with van der Waals surface area (Å²) in [7, 11) is 1.33. The molecule has 0 aromatic heterocycles. The average Bonchev–Trinajstić information content (AvgIpc) is 2.52. The largest absolute Gasteiger partial charge is 0.472 e. The quantitative estimate of drug-likeness (QED) is 0.733. The van der Waals surface area contributed by atoms with Crippen LogP contribution in [-0.4, -0.2) is 13.1 Å². The predicted octanol–water partition coefficient (Wildman–Crippen LogP) is 4.70. The molecular weight excluding hydrogens is 356 g/mol. The van der Waals surface area contributed by atoms with Crippen molar-refractivity contribution >= 4 is 33.5 Å². The molecule has 21 heavy (non-hydrogen) atoms. The fourth-order valence-corrected chi connectivity index (χ4v) is 2.50. The van der Waals surface area contributed by atoms with Gasteiger partial charge in [0.1, 0.15) is 5.75 Å². The van der Waals surface area contributed by atoms with Crippen LogP contribution >= 0.6 is 27.5 Å². The molecule has 0 saturated heterocycles. The zero-order valence-electron chi connectivity index (χ0n) is 11.6. The van der Waals surface area contributed by atoms with Gasteiger partial charge in [-0.3, -0.25) is 0 Å². The Hall–Kier alpha value is -1.52. The van der Waals surface area contributed by atoms with Gasteiger partial charge in [0.25, 0.3) is 0 Å². The molecule has 0 heterocycles. The van der Waals surface area contributed by atoms with E-state index in [2.05, 4.69) is 15.9 Å². The van der Waals surface area contributed by atoms with Crippen LogP contribution in [0, 0.1) is 6.92 Å². The Morgan fingerprint density at radius 1 is 1.19 bits per heavy atom. The number of carbonyl (C=O) groups is 1. The van der Waals surface area contributed by atoms with Gasteiger partial charge in [-0.15, -0.1) is 0 Å². The van der Waals surface area contributed by atoms with Crippen molar-refractivity contribution in [1.29, 1.82) is 0 Å². The maximum Gasteiger partial charge on any atom is 0.351 e. The van der Waals surface area contributed by atoms with Gasteiger partial charge >= 0.3 is 5.97 Å². The van der Waals surface area contributed by atoms with Gasteiger partial charge in [-0.1, -0.05) is 57.9 Å². The predicted molar refractivity (Wildman–Crippen MR) is 85.7 cm³/mol. The Balaban J connectivity index is 2.37. The molecule has 0 spiro atoms. The van der Waals surface area contributed by atoms with E-state index in [9.17, 15) is 4.79 Å². The number of halogens is 2. The highest BCUT2D eigenvalue weighted by atomic mass is 79.9. The number of hydrogen-bond acceptors (Lipinski definition) is 3. The summed E-state index contributed by atoms with van der Waals surface area (Å²) in [6, 6.07) is 12.7. The van der Waals surface area contributed by atoms with Crippen LogP contribution in [0.5, 0.6) is 5.75 Å². The Morgan fingerprint density at radius 2 is 1.86 bits per heavy atom. The molecule has 1 atom stereocenters. The summed E-state index contributed by atoms with van der Waals surface area (Å²) >= 11 is 9.67. The number of rotatable bonds is 4. The third-order valence-corrected chi connectivity index (χ3v) is 4.38. The van der Waals surface area contributed by atoms with Gasteiger partial charge in [0.05, 0.1) is 12.1 Å². The molecule has 0 amide bonds. The zero-order chi connectivity index (χ0) is 15.4. The molecule has 0 aliphatic carbocycles. The molecule has 0 N–H and O–H groups in total. The van der Waals surface area contributed by atoms with Crippen LogP contribution in [0.25, 0.3) is 0 Å². The molecule has 0 aliphatic rings. The minimum Gasteiger partial charge on any atom is -0.472 e. The van der Waals surface area contributed by atoms with Crippen molar-refractivity contribution in [2.45, 2.75) is 13.0 Å². The second kappa shape index (κ2) is 6.96. The maximum atomic E-state index is 12.0. The van der Waals surface area contributed by atoms with E-state index in [1.54, 1.807) is 18.2 Å². The van der Waals surface area contributed by atoms with E-state index < -0.39 is 12.1 Å². The van der Waals surface area contributed by atoms with Gasteiger partial charge in [-0.05, 0) is 24.6 Å². The lowest BCUT2D eigenvalue weighted by Gasteiger charge is -2.19. The smallest absolute Gasteiger partial charge is 0.351 e. The first kappa shape index (κ1) is 15.9. The monoisotopic (exact) mass is 368 g/mol.